The van der Waals surface area contributed by atoms with E-state index < -0.39 is 5.41 Å². The molecule has 0 atom stereocenters. The lowest BCUT2D eigenvalue weighted by Gasteiger charge is -2.22. The van der Waals surface area contributed by atoms with Crippen molar-refractivity contribution in [3.8, 4) is 11.4 Å². The Morgan fingerprint density at radius 1 is 1.16 bits per heavy atom. The van der Waals surface area contributed by atoms with Gasteiger partial charge in [-0.15, -0.1) is 0 Å². The molecule has 1 heterocycles. The van der Waals surface area contributed by atoms with Crippen molar-refractivity contribution in [1.82, 2.24) is 10.1 Å². The Labute approximate surface area is 154 Å². The van der Waals surface area contributed by atoms with Gasteiger partial charge >= 0.3 is 5.97 Å². The van der Waals surface area contributed by atoms with Crippen molar-refractivity contribution in [3.63, 3.8) is 0 Å². The van der Waals surface area contributed by atoms with Gasteiger partial charge in [-0.05, 0) is 31.5 Å². The Hall–Kier alpha value is -2.47. The summed E-state index contributed by atoms with van der Waals surface area (Å²) in [6, 6.07) is 17.1. The Morgan fingerprint density at radius 3 is 2.64 bits per heavy atom. The van der Waals surface area contributed by atoms with Gasteiger partial charge in [0, 0.05) is 10.0 Å². The summed E-state index contributed by atoms with van der Waals surface area (Å²) in [6.07, 6.45) is 0. The first-order chi connectivity index (χ1) is 12.0. The van der Waals surface area contributed by atoms with Crippen LogP contribution in [0.1, 0.15) is 25.3 Å². The van der Waals surface area contributed by atoms with Gasteiger partial charge in [-0.25, -0.2) is 0 Å². The van der Waals surface area contributed by atoms with Crippen molar-refractivity contribution >= 4 is 21.9 Å². The fraction of sp³-hybridized carbons (Fsp3) is 0.211. The van der Waals surface area contributed by atoms with E-state index in [9.17, 15) is 4.79 Å². The van der Waals surface area contributed by atoms with Crippen LogP contribution in [0, 0.1) is 0 Å². The molecule has 25 heavy (non-hydrogen) atoms. The fourth-order valence-electron chi connectivity index (χ4n) is 2.34. The van der Waals surface area contributed by atoms with E-state index in [1.165, 1.54) is 0 Å². The van der Waals surface area contributed by atoms with Crippen LogP contribution in [0.25, 0.3) is 11.4 Å². The van der Waals surface area contributed by atoms with Gasteiger partial charge in [0.05, 0.1) is 5.41 Å². The molecule has 0 unspecified atom stereocenters. The topological polar surface area (TPSA) is 65.2 Å². The molecule has 6 heteroatoms. The number of hydrogen-bond acceptors (Lipinski definition) is 5. The van der Waals surface area contributed by atoms with Gasteiger partial charge in [0.15, 0.2) is 6.61 Å². The highest BCUT2D eigenvalue weighted by Gasteiger charge is 2.31. The number of rotatable bonds is 5. The number of carbonyl (C=O) groups is 1. The minimum atomic E-state index is -0.756. The number of esters is 1. The first kappa shape index (κ1) is 17.4. The van der Waals surface area contributed by atoms with Crippen LogP contribution < -0.4 is 0 Å². The Balaban J connectivity index is 1.67. The highest BCUT2D eigenvalue weighted by Crippen LogP contribution is 2.25. The number of ether oxygens (including phenoxy) is 1. The zero-order valence-electron chi connectivity index (χ0n) is 13.9. The van der Waals surface area contributed by atoms with Crippen LogP contribution in [-0.4, -0.2) is 16.1 Å². The average molecular weight is 401 g/mol. The summed E-state index contributed by atoms with van der Waals surface area (Å²) < 4.78 is 11.5. The fourth-order valence-corrected chi connectivity index (χ4v) is 2.74. The predicted octanol–water partition coefficient (Wildman–Crippen LogP) is 4.52. The second-order valence-corrected chi connectivity index (χ2v) is 7.00. The first-order valence-corrected chi connectivity index (χ1v) is 8.57. The zero-order valence-corrected chi connectivity index (χ0v) is 15.5. The van der Waals surface area contributed by atoms with Crippen LogP contribution >= 0.6 is 15.9 Å². The average Bonchev–Trinajstić information content (AvgIpc) is 3.09. The Kier molecular flexibility index (Phi) is 4.99. The number of carbonyl (C=O) groups excluding carboxylic acids is 1. The third kappa shape index (κ3) is 3.96. The molecule has 0 aliphatic heterocycles. The molecule has 0 bridgehead atoms. The molecule has 0 aliphatic rings. The molecule has 0 amide bonds. The molecule has 0 radical (unpaired) electrons. The number of hydrogen-bond donors (Lipinski definition) is 0. The van der Waals surface area contributed by atoms with E-state index in [2.05, 4.69) is 26.1 Å². The summed E-state index contributed by atoms with van der Waals surface area (Å²) >= 11 is 3.40. The van der Waals surface area contributed by atoms with E-state index in [0.29, 0.717) is 5.82 Å². The van der Waals surface area contributed by atoms with Gasteiger partial charge in [-0.1, -0.05) is 63.6 Å². The first-order valence-electron chi connectivity index (χ1n) is 7.78. The van der Waals surface area contributed by atoms with E-state index in [1.54, 1.807) is 0 Å². The SMILES string of the molecule is CC(C)(C(=O)OCc1nc(-c2cccc(Br)c2)no1)c1ccccc1. The summed E-state index contributed by atoms with van der Waals surface area (Å²) in [6.45, 7) is 3.59. The number of nitrogens with zero attached hydrogens (tertiary/aromatic N) is 2. The van der Waals surface area contributed by atoms with Crippen LogP contribution in [0.15, 0.2) is 63.6 Å². The second kappa shape index (κ2) is 7.19. The third-order valence-corrected chi connectivity index (χ3v) is 4.38. The van der Waals surface area contributed by atoms with Crippen molar-refractivity contribution in [2.45, 2.75) is 25.9 Å². The van der Waals surface area contributed by atoms with Gasteiger partial charge in [0.1, 0.15) is 0 Å². The lowest BCUT2D eigenvalue weighted by atomic mass is 9.85. The van der Waals surface area contributed by atoms with Gasteiger partial charge in [0.25, 0.3) is 5.89 Å². The molecule has 0 aliphatic carbocycles. The summed E-state index contributed by atoms with van der Waals surface area (Å²) in [4.78, 5) is 16.7. The maximum Gasteiger partial charge on any atom is 0.316 e. The van der Waals surface area contributed by atoms with Crippen LogP contribution in [-0.2, 0) is 21.6 Å². The third-order valence-electron chi connectivity index (χ3n) is 3.88. The summed E-state index contributed by atoms with van der Waals surface area (Å²) in [7, 11) is 0. The number of aromatic nitrogens is 2. The second-order valence-electron chi connectivity index (χ2n) is 6.09. The van der Waals surface area contributed by atoms with E-state index in [1.807, 2.05) is 68.4 Å². The zero-order chi connectivity index (χ0) is 17.9. The molecule has 0 saturated carbocycles. The lowest BCUT2D eigenvalue weighted by molar-refractivity contribution is -0.151. The van der Waals surface area contributed by atoms with Crippen LogP contribution in [0.2, 0.25) is 0 Å². The molecule has 0 saturated heterocycles. The Morgan fingerprint density at radius 2 is 1.92 bits per heavy atom. The predicted molar refractivity (Wildman–Crippen MR) is 96.7 cm³/mol. The van der Waals surface area contributed by atoms with E-state index in [0.717, 1.165) is 15.6 Å². The molecule has 0 N–H and O–H groups in total. The monoisotopic (exact) mass is 400 g/mol. The minimum absolute atomic E-state index is 0.0594. The molecule has 128 valence electrons. The smallest absolute Gasteiger partial charge is 0.316 e. The maximum atomic E-state index is 12.4. The molecular formula is C19H17BrN2O3. The highest BCUT2D eigenvalue weighted by molar-refractivity contribution is 9.10. The van der Waals surface area contributed by atoms with Crippen LogP contribution in [0.3, 0.4) is 0 Å². The van der Waals surface area contributed by atoms with Crippen molar-refractivity contribution in [1.29, 1.82) is 0 Å². The molecule has 2 aromatic carbocycles. The largest absolute Gasteiger partial charge is 0.455 e. The Bertz CT molecular complexity index is 875. The molecule has 0 spiro atoms. The highest BCUT2D eigenvalue weighted by atomic mass is 79.9. The van der Waals surface area contributed by atoms with E-state index in [4.69, 9.17) is 9.26 Å². The lowest BCUT2D eigenvalue weighted by Crippen LogP contribution is -2.30. The van der Waals surface area contributed by atoms with Crippen LogP contribution in [0.5, 0.6) is 0 Å². The van der Waals surface area contributed by atoms with Crippen molar-refractivity contribution < 1.29 is 14.1 Å². The standard InChI is InChI=1S/C19H17BrN2O3/c1-19(2,14-8-4-3-5-9-14)18(23)24-12-16-21-17(22-25-16)13-7-6-10-15(20)11-13/h3-11H,12H2,1-2H3. The van der Waals surface area contributed by atoms with E-state index >= 15 is 0 Å². The molecular weight excluding hydrogens is 384 g/mol. The maximum absolute atomic E-state index is 12.4. The molecule has 3 rings (SSSR count). The quantitative estimate of drug-likeness (QED) is 0.589. The molecule has 1 aromatic heterocycles. The molecule has 3 aromatic rings. The minimum Gasteiger partial charge on any atom is -0.455 e. The van der Waals surface area contributed by atoms with Crippen molar-refractivity contribution in [2.75, 3.05) is 0 Å². The number of benzene rings is 2. The van der Waals surface area contributed by atoms with Gasteiger partial charge < -0.3 is 9.26 Å². The summed E-state index contributed by atoms with van der Waals surface area (Å²) in [5.74, 6) is 0.364. The van der Waals surface area contributed by atoms with E-state index in [-0.39, 0.29) is 18.5 Å². The van der Waals surface area contributed by atoms with Gasteiger partial charge in [-0.3, -0.25) is 4.79 Å². The van der Waals surface area contributed by atoms with Gasteiger partial charge in [-0.2, -0.15) is 4.98 Å². The summed E-state index contributed by atoms with van der Waals surface area (Å²) in [5.41, 5.74) is 0.953. The van der Waals surface area contributed by atoms with Crippen molar-refractivity contribution in [3.05, 3.63) is 70.5 Å². The van der Waals surface area contributed by atoms with Gasteiger partial charge in [0.2, 0.25) is 5.82 Å². The number of halogens is 1. The molecule has 0 fully saturated rings. The normalized spacial score (nSPS) is 11.3. The van der Waals surface area contributed by atoms with Crippen LogP contribution in [0.4, 0.5) is 0 Å². The molecule has 5 nitrogen and oxygen atoms in total. The van der Waals surface area contributed by atoms with Crippen molar-refractivity contribution in [2.24, 2.45) is 0 Å². The summed E-state index contributed by atoms with van der Waals surface area (Å²) in [5, 5.41) is 3.93.